The van der Waals surface area contributed by atoms with Crippen LogP contribution >= 0.6 is 0 Å². The van der Waals surface area contributed by atoms with Crippen molar-refractivity contribution >= 4 is 15.7 Å². The van der Waals surface area contributed by atoms with Gasteiger partial charge < -0.3 is 10.0 Å². The Morgan fingerprint density at radius 2 is 1.65 bits per heavy atom. The summed E-state index contributed by atoms with van der Waals surface area (Å²) in [5.74, 6) is 5.80. The molecule has 5 nitrogen and oxygen atoms in total. The van der Waals surface area contributed by atoms with Crippen LogP contribution in [0.3, 0.4) is 0 Å². The van der Waals surface area contributed by atoms with Gasteiger partial charge in [0.1, 0.15) is 6.04 Å². The van der Waals surface area contributed by atoms with E-state index < -0.39 is 27.8 Å². The van der Waals surface area contributed by atoms with Crippen LogP contribution in [0.2, 0.25) is 0 Å². The van der Waals surface area contributed by atoms with Gasteiger partial charge in [0.05, 0.1) is 4.90 Å². The fourth-order valence-electron chi connectivity index (χ4n) is 3.46. The second-order valence-electron chi connectivity index (χ2n) is 7.40. The van der Waals surface area contributed by atoms with Crippen molar-refractivity contribution in [3.05, 3.63) is 60.2 Å². The van der Waals surface area contributed by atoms with Gasteiger partial charge in [0.15, 0.2) is 5.60 Å². The van der Waals surface area contributed by atoms with Gasteiger partial charge >= 0.3 is 6.18 Å². The lowest BCUT2D eigenvalue weighted by Gasteiger charge is -2.40. The summed E-state index contributed by atoms with van der Waals surface area (Å²) in [7, 11) is -3.68. The molecular formula is C22H23F3N2O3S. The Kier molecular flexibility index (Phi) is 6.37. The minimum absolute atomic E-state index is 0.125. The lowest BCUT2D eigenvalue weighted by atomic mass is 9.95. The van der Waals surface area contributed by atoms with Gasteiger partial charge in [0.2, 0.25) is 10.0 Å². The Bertz CT molecular complexity index is 1070. The first kappa shape index (κ1) is 23.1. The highest BCUT2D eigenvalue weighted by molar-refractivity contribution is 7.89. The topological polar surface area (TPSA) is 60.9 Å². The van der Waals surface area contributed by atoms with Crippen LogP contribution in [0.5, 0.6) is 0 Å². The molecular weight excluding hydrogens is 429 g/mol. The molecule has 0 bridgehead atoms. The van der Waals surface area contributed by atoms with Crippen LogP contribution in [-0.2, 0) is 15.6 Å². The van der Waals surface area contributed by atoms with Gasteiger partial charge in [-0.3, -0.25) is 0 Å². The van der Waals surface area contributed by atoms with E-state index in [4.69, 9.17) is 0 Å². The molecule has 1 saturated heterocycles. The molecule has 1 aliphatic rings. The number of hydrogen-bond donors (Lipinski definition) is 1. The van der Waals surface area contributed by atoms with Gasteiger partial charge in [0.25, 0.3) is 0 Å². The maximum atomic E-state index is 13.1. The number of halogens is 3. The summed E-state index contributed by atoms with van der Waals surface area (Å²) in [5, 5.41) is 9.86. The smallest absolute Gasteiger partial charge is 0.376 e. The van der Waals surface area contributed by atoms with Gasteiger partial charge in [-0.25, -0.2) is 8.42 Å². The molecule has 1 unspecified atom stereocenters. The highest BCUT2D eigenvalue weighted by atomic mass is 32.2. The summed E-state index contributed by atoms with van der Waals surface area (Å²) in [4.78, 5) is 2.06. The predicted molar refractivity (Wildman–Crippen MR) is 112 cm³/mol. The maximum absolute atomic E-state index is 13.1. The Balaban J connectivity index is 1.85. The fraction of sp³-hybridized carbons (Fsp3) is 0.364. The summed E-state index contributed by atoms with van der Waals surface area (Å²) in [5.41, 5.74) is -2.63. The average molecular weight is 452 g/mol. The normalized spacial score (nSPS) is 19.9. The Labute approximate surface area is 180 Å². The van der Waals surface area contributed by atoms with Gasteiger partial charge in [-0.15, -0.1) is 5.92 Å². The molecule has 1 aliphatic heterocycles. The van der Waals surface area contributed by atoms with Crippen molar-refractivity contribution in [1.82, 2.24) is 4.31 Å². The zero-order chi connectivity index (χ0) is 22.9. The van der Waals surface area contributed by atoms with E-state index in [2.05, 4.69) is 11.8 Å². The molecule has 166 valence electrons. The van der Waals surface area contributed by atoms with Crippen LogP contribution in [0.25, 0.3) is 0 Å². The number of hydrogen-bond acceptors (Lipinski definition) is 4. The van der Waals surface area contributed by atoms with E-state index in [1.165, 1.54) is 40.7 Å². The number of anilines is 1. The Morgan fingerprint density at radius 3 is 2.19 bits per heavy atom. The first-order valence-corrected chi connectivity index (χ1v) is 11.1. The minimum atomic E-state index is -4.80. The standard InChI is InChI=1S/C22H23F3N2O3S/c1-3-7-19-16-26(31(29,30)20-8-5-4-6-9-20)14-15-27(19)18-12-10-17(11-13-18)21(2,28)22(23,24)25/h4-6,8-13,19,28H,14-16H2,1-2H3/t19-,21?/m1/s1. The quantitative estimate of drug-likeness (QED) is 0.723. The van der Waals surface area contributed by atoms with Crippen molar-refractivity contribution in [2.24, 2.45) is 0 Å². The van der Waals surface area contributed by atoms with E-state index in [1.54, 1.807) is 25.1 Å². The number of aliphatic hydroxyl groups is 1. The zero-order valence-electron chi connectivity index (χ0n) is 17.1. The van der Waals surface area contributed by atoms with E-state index in [9.17, 15) is 26.7 Å². The van der Waals surface area contributed by atoms with Crippen LogP contribution in [0.4, 0.5) is 18.9 Å². The van der Waals surface area contributed by atoms with Crippen molar-refractivity contribution in [3.63, 3.8) is 0 Å². The van der Waals surface area contributed by atoms with Crippen LogP contribution in [0.15, 0.2) is 59.5 Å². The van der Waals surface area contributed by atoms with Gasteiger partial charge in [-0.05, 0) is 43.7 Å². The summed E-state index contributed by atoms with van der Waals surface area (Å²) < 4.78 is 66.6. The maximum Gasteiger partial charge on any atom is 0.421 e. The fourth-order valence-corrected chi connectivity index (χ4v) is 4.92. The molecule has 9 heteroatoms. The monoisotopic (exact) mass is 452 g/mol. The lowest BCUT2D eigenvalue weighted by Crippen LogP contribution is -2.54. The molecule has 2 aromatic rings. The molecule has 1 fully saturated rings. The van der Waals surface area contributed by atoms with Crippen LogP contribution in [-0.4, -0.2) is 49.7 Å². The molecule has 0 aromatic heterocycles. The number of nitrogens with zero attached hydrogens (tertiary/aromatic N) is 2. The SMILES string of the molecule is CC#C[C@@H]1CN(S(=O)(=O)c2ccccc2)CCN1c1ccc(C(C)(O)C(F)(F)F)cc1. The molecule has 3 rings (SSSR count). The molecule has 31 heavy (non-hydrogen) atoms. The third-order valence-electron chi connectivity index (χ3n) is 5.35. The van der Waals surface area contributed by atoms with E-state index >= 15 is 0 Å². The summed E-state index contributed by atoms with van der Waals surface area (Å²) in [6.07, 6.45) is -4.80. The number of sulfonamides is 1. The van der Waals surface area contributed by atoms with Gasteiger partial charge in [0, 0.05) is 25.3 Å². The largest absolute Gasteiger partial charge is 0.421 e. The number of rotatable bonds is 4. The molecule has 1 heterocycles. The molecule has 0 amide bonds. The summed E-state index contributed by atoms with van der Waals surface area (Å²) in [6, 6.07) is 13.1. The summed E-state index contributed by atoms with van der Waals surface area (Å²) in [6.45, 7) is 3.01. The third kappa shape index (κ3) is 4.56. The van der Waals surface area contributed by atoms with Crippen LogP contribution in [0.1, 0.15) is 19.4 Å². The van der Waals surface area contributed by atoms with Crippen LogP contribution < -0.4 is 4.90 Å². The summed E-state index contributed by atoms with van der Waals surface area (Å²) >= 11 is 0. The third-order valence-corrected chi connectivity index (χ3v) is 7.23. The predicted octanol–water partition coefficient (Wildman–Crippen LogP) is 3.36. The minimum Gasteiger partial charge on any atom is -0.376 e. The van der Waals surface area contributed by atoms with E-state index in [-0.39, 0.29) is 23.5 Å². The van der Waals surface area contributed by atoms with Crippen LogP contribution in [0, 0.1) is 11.8 Å². The molecule has 0 saturated carbocycles. The van der Waals surface area contributed by atoms with Crippen molar-refractivity contribution < 1.29 is 26.7 Å². The first-order chi connectivity index (χ1) is 14.5. The van der Waals surface area contributed by atoms with Crippen molar-refractivity contribution in [3.8, 4) is 11.8 Å². The molecule has 1 N–H and O–H groups in total. The second-order valence-corrected chi connectivity index (χ2v) is 9.33. The molecule has 2 atom stereocenters. The number of piperazine rings is 1. The molecule has 2 aromatic carbocycles. The average Bonchev–Trinajstić information content (AvgIpc) is 2.74. The van der Waals surface area contributed by atoms with Gasteiger partial charge in [-0.2, -0.15) is 17.5 Å². The Hall–Kier alpha value is -2.54. The lowest BCUT2D eigenvalue weighted by molar-refractivity contribution is -0.258. The van der Waals surface area contributed by atoms with Crippen molar-refractivity contribution in [2.45, 2.75) is 36.6 Å². The number of alkyl halides is 3. The van der Waals surface area contributed by atoms with E-state index in [0.29, 0.717) is 19.2 Å². The highest BCUT2D eigenvalue weighted by Crippen LogP contribution is 2.39. The van der Waals surface area contributed by atoms with Gasteiger partial charge in [-0.1, -0.05) is 36.3 Å². The first-order valence-electron chi connectivity index (χ1n) is 9.62. The molecule has 0 spiro atoms. The molecule has 0 radical (unpaired) electrons. The second kappa shape index (κ2) is 8.54. The molecule has 0 aliphatic carbocycles. The Morgan fingerprint density at radius 1 is 1.03 bits per heavy atom. The number of benzene rings is 2. The van der Waals surface area contributed by atoms with E-state index in [0.717, 1.165) is 0 Å². The van der Waals surface area contributed by atoms with Crippen molar-refractivity contribution in [1.29, 1.82) is 0 Å². The van der Waals surface area contributed by atoms with Crippen molar-refractivity contribution in [2.75, 3.05) is 24.5 Å². The van der Waals surface area contributed by atoms with E-state index in [1.807, 2.05) is 4.90 Å². The zero-order valence-corrected chi connectivity index (χ0v) is 17.9. The highest BCUT2D eigenvalue weighted by Gasteiger charge is 2.51.